The van der Waals surface area contributed by atoms with Gasteiger partial charge in [0, 0.05) is 0 Å². The van der Waals surface area contributed by atoms with E-state index in [0.717, 1.165) is 10.0 Å². The minimum atomic E-state index is -0.144. The van der Waals surface area contributed by atoms with Gasteiger partial charge in [-0.2, -0.15) is 0 Å². The van der Waals surface area contributed by atoms with E-state index in [1.165, 1.54) is 22.7 Å². The van der Waals surface area contributed by atoms with Gasteiger partial charge in [0.1, 0.15) is 20.1 Å². The lowest BCUT2D eigenvalue weighted by Crippen LogP contribution is -2.21. The predicted molar refractivity (Wildman–Crippen MR) is 81.6 cm³/mol. The Morgan fingerprint density at radius 1 is 0.889 bits per heavy atom. The molecule has 0 radical (unpaired) electrons. The first kappa shape index (κ1) is 12.2. The molecule has 0 aliphatic heterocycles. The molecule has 3 aromatic rings. The summed E-state index contributed by atoms with van der Waals surface area (Å²) in [4.78, 5) is 12.4. The van der Waals surface area contributed by atoms with Gasteiger partial charge in [-0.25, -0.2) is 13.9 Å². The van der Waals surface area contributed by atoms with E-state index in [9.17, 15) is 4.79 Å². The highest BCUT2D eigenvalue weighted by Gasteiger charge is 2.18. The van der Waals surface area contributed by atoms with Crippen LogP contribution in [0.3, 0.4) is 0 Å². The minimum Gasteiger partial charge on any atom is -0.247 e. The molecule has 3 nitrogen and oxygen atoms in total. The van der Waals surface area contributed by atoms with E-state index in [1.54, 1.807) is 9.13 Å². The van der Waals surface area contributed by atoms with E-state index in [1.807, 2.05) is 35.0 Å². The number of aromatic nitrogens is 2. The molecule has 7 heteroatoms. The van der Waals surface area contributed by atoms with Crippen LogP contribution in [0.15, 0.2) is 49.9 Å². The maximum Gasteiger partial charge on any atom is 0.340 e. The molecule has 0 bridgehead atoms. The number of nitrogens with zero attached hydrogens (tertiary/aromatic N) is 2. The summed E-state index contributed by atoms with van der Waals surface area (Å²) in [6, 6.07) is 7.58. The third-order valence-electron chi connectivity index (χ3n) is 2.46. The fraction of sp³-hybridized carbons (Fsp3) is 0. The molecule has 0 saturated carbocycles. The predicted octanol–water partition coefficient (Wildman–Crippen LogP) is 3.33. The van der Waals surface area contributed by atoms with Crippen LogP contribution in [0.25, 0.3) is 10.0 Å². The zero-order valence-corrected chi connectivity index (χ0v) is 12.4. The van der Waals surface area contributed by atoms with E-state index in [4.69, 9.17) is 0 Å². The monoisotopic (exact) mass is 312 g/mol. The Labute approximate surface area is 122 Å². The molecule has 0 saturated heterocycles. The van der Waals surface area contributed by atoms with Gasteiger partial charge in [-0.1, -0.05) is 0 Å². The average Bonchev–Trinajstić information content (AvgIpc) is 3.03. The van der Waals surface area contributed by atoms with Gasteiger partial charge in [0.05, 0.1) is 0 Å². The average molecular weight is 312 g/mol. The molecule has 0 N–H and O–H groups in total. The summed E-state index contributed by atoms with van der Waals surface area (Å²) < 4.78 is 3.13. The third kappa shape index (κ3) is 1.78. The summed E-state index contributed by atoms with van der Waals surface area (Å²) in [6.45, 7) is 0. The SMILES string of the molecule is O=c1n(-c2cccs2)c(S)c(S)n1-c1cccs1. The summed E-state index contributed by atoms with van der Waals surface area (Å²) >= 11 is 11.8. The molecule has 0 atom stereocenters. The lowest BCUT2D eigenvalue weighted by molar-refractivity contribution is 0.888. The first-order valence-electron chi connectivity index (χ1n) is 5.03. The molecule has 3 rings (SSSR count). The van der Waals surface area contributed by atoms with Crippen molar-refractivity contribution in [1.82, 2.24) is 9.13 Å². The largest absolute Gasteiger partial charge is 0.340 e. The highest BCUT2D eigenvalue weighted by molar-refractivity contribution is 7.83. The molecule has 0 aliphatic rings. The number of hydrogen-bond donors (Lipinski definition) is 2. The molecule has 0 spiro atoms. The molecule has 3 aromatic heterocycles. The second kappa shape index (κ2) is 4.65. The first-order valence-corrected chi connectivity index (χ1v) is 7.69. The first-order chi connectivity index (χ1) is 8.70. The Kier molecular flexibility index (Phi) is 3.14. The summed E-state index contributed by atoms with van der Waals surface area (Å²) in [5.41, 5.74) is -0.144. The van der Waals surface area contributed by atoms with Crippen molar-refractivity contribution < 1.29 is 0 Å². The van der Waals surface area contributed by atoms with Crippen LogP contribution >= 0.6 is 47.9 Å². The van der Waals surface area contributed by atoms with Gasteiger partial charge in [0.15, 0.2) is 0 Å². The molecule has 18 heavy (non-hydrogen) atoms. The standard InChI is InChI=1S/C11H8N2OS4/c14-11-12(7-3-1-5-17-7)9(15)10(16)13(11)8-4-2-6-18-8/h1-6,15-16H. The van der Waals surface area contributed by atoms with Crippen molar-refractivity contribution in [3.63, 3.8) is 0 Å². The number of rotatable bonds is 2. The summed E-state index contributed by atoms with van der Waals surface area (Å²) in [5.74, 6) is 0. The van der Waals surface area contributed by atoms with Crippen molar-refractivity contribution in [1.29, 1.82) is 0 Å². The van der Waals surface area contributed by atoms with Gasteiger partial charge in [-0.15, -0.1) is 47.9 Å². The Morgan fingerprint density at radius 2 is 1.33 bits per heavy atom. The highest BCUT2D eigenvalue weighted by Crippen LogP contribution is 2.27. The zero-order valence-electron chi connectivity index (χ0n) is 8.98. The van der Waals surface area contributed by atoms with Crippen LogP contribution in [0.4, 0.5) is 0 Å². The number of thiophene rings is 2. The van der Waals surface area contributed by atoms with Crippen molar-refractivity contribution >= 4 is 47.9 Å². The smallest absolute Gasteiger partial charge is 0.247 e. The molecule has 0 aliphatic carbocycles. The Hall–Kier alpha value is -0.890. The molecular weight excluding hydrogens is 304 g/mol. The van der Waals surface area contributed by atoms with Crippen molar-refractivity contribution in [2.24, 2.45) is 0 Å². The van der Waals surface area contributed by atoms with Crippen molar-refractivity contribution in [3.05, 3.63) is 45.5 Å². The highest BCUT2D eigenvalue weighted by atomic mass is 32.1. The molecule has 3 heterocycles. The van der Waals surface area contributed by atoms with Crippen LogP contribution in [0.2, 0.25) is 0 Å². The zero-order chi connectivity index (χ0) is 12.7. The maximum atomic E-state index is 12.4. The van der Waals surface area contributed by atoms with Crippen molar-refractivity contribution in [2.75, 3.05) is 0 Å². The van der Waals surface area contributed by atoms with E-state index >= 15 is 0 Å². The summed E-state index contributed by atoms with van der Waals surface area (Å²) in [6.07, 6.45) is 0. The minimum absolute atomic E-state index is 0.144. The molecule has 0 unspecified atom stereocenters. The lowest BCUT2D eigenvalue weighted by Gasteiger charge is -1.97. The fourth-order valence-corrected chi connectivity index (χ4v) is 3.85. The van der Waals surface area contributed by atoms with Crippen molar-refractivity contribution in [2.45, 2.75) is 10.1 Å². The van der Waals surface area contributed by atoms with Gasteiger partial charge in [-0.3, -0.25) is 0 Å². The number of imidazole rings is 1. The van der Waals surface area contributed by atoms with Crippen molar-refractivity contribution in [3.8, 4) is 10.0 Å². The lowest BCUT2D eigenvalue weighted by atomic mass is 10.6. The van der Waals surface area contributed by atoms with Gasteiger partial charge < -0.3 is 0 Å². The van der Waals surface area contributed by atoms with Crippen LogP contribution in [-0.4, -0.2) is 9.13 Å². The van der Waals surface area contributed by atoms with Gasteiger partial charge in [-0.05, 0) is 35.0 Å². The van der Waals surface area contributed by atoms with E-state index < -0.39 is 0 Å². The van der Waals surface area contributed by atoms with Crippen LogP contribution in [0, 0.1) is 0 Å². The normalized spacial score (nSPS) is 11.0. The third-order valence-corrected chi connectivity index (χ3v) is 5.17. The van der Waals surface area contributed by atoms with Crippen LogP contribution in [0.1, 0.15) is 0 Å². The Bertz CT molecular complexity index is 661. The second-order valence-corrected chi connectivity index (χ2v) is 6.20. The maximum absolute atomic E-state index is 12.4. The quantitative estimate of drug-likeness (QED) is 0.698. The summed E-state index contributed by atoms with van der Waals surface area (Å²) in [7, 11) is 0. The molecule has 0 aromatic carbocycles. The van der Waals surface area contributed by atoms with Gasteiger partial charge in [0.2, 0.25) is 0 Å². The topological polar surface area (TPSA) is 26.9 Å². The Morgan fingerprint density at radius 3 is 1.67 bits per heavy atom. The molecule has 92 valence electrons. The number of thiol groups is 2. The van der Waals surface area contributed by atoms with E-state index in [0.29, 0.717) is 10.1 Å². The Balaban J connectivity index is 2.31. The molecular formula is C11H8N2OS4. The number of hydrogen-bond acceptors (Lipinski definition) is 5. The van der Waals surface area contributed by atoms with Crippen LogP contribution in [0.5, 0.6) is 0 Å². The fourth-order valence-electron chi connectivity index (χ4n) is 1.67. The van der Waals surface area contributed by atoms with Gasteiger partial charge >= 0.3 is 5.69 Å². The van der Waals surface area contributed by atoms with Gasteiger partial charge in [0.25, 0.3) is 0 Å². The van der Waals surface area contributed by atoms with Crippen LogP contribution in [-0.2, 0) is 0 Å². The molecule has 0 amide bonds. The van der Waals surface area contributed by atoms with Crippen LogP contribution < -0.4 is 5.69 Å². The van der Waals surface area contributed by atoms with E-state index in [2.05, 4.69) is 25.3 Å². The second-order valence-electron chi connectivity index (χ2n) is 3.50. The molecule has 0 fully saturated rings. The summed E-state index contributed by atoms with van der Waals surface area (Å²) in [5, 5.41) is 6.65. The van der Waals surface area contributed by atoms with E-state index in [-0.39, 0.29) is 5.69 Å².